The fourth-order valence-corrected chi connectivity index (χ4v) is 2.64. The van der Waals surface area contributed by atoms with Gasteiger partial charge in [0, 0.05) is 0 Å². The molecule has 0 unspecified atom stereocenters. The fraction of sp³-hybridized carbons (Fsp3) is 0.462. The van der Waals surface area contributed by atoms with Gasteiger partial charge in [0.2, 0.25) is 0 Å². The topological polar surface area (TPSA) is 35.5 Å². The first-order valence-electron chi connectivity index (χ1n) is 5.33. The number of hydrogen-bond acceptors (Lipinski definition) is 4. The van der Waals surface area contributed by atoms with Crippen molar-refractivity contribution < 1.29 is 14.3 Å². The lowest BCUT2D eigenvalue weighted by atomic mass is 10.2. The predicted octanol–water partition coefficient (Wildman–Crippen LogP) is 3.05. The average molecular weight is 254 g/mol. The highest BCUT2D eigenvalue weighted by Crippen LogP contribution is 2.39. The van der Waals surface area contributed by atoms with E-state index in [1.807, 2.05) is 39.0 Å². The third-order valence-corrected chi connectivity index (χ3v) is 3.58. The number of methoxy groups -OCH3 is 2. The van der Waals surface area contributed by atoms with Gasteiger partial charge in [0.25, 0.3) is 0 Å². The second kappa shape index (κ2) is 5.45. The van der Waals surface area contributed by atoms with Crippen molar-refractivity contribution >= 4 is 17.7 Å². The minimum absolute atomic E-state index is 0.244. The summed E-state index contributed by atoms with van der Waals surface area (Å²) < 4.78 is 9.45. The Morgan fingerprint density at radius 1 is 1.29 bits per heavy atom. The summed E-state index contributed by atoms with van der Waals surface area (Å²) in [6.07, 6.45) is 0. The van der Waals surface area contributed by atoms with Gasteiger partial charge in [0.1, 0.15) is 10.5 Å². The van der Waals surface area contributed by atoms with Crippen molar-refractivity contribution in [1.82, 2.24) is 0 Å². The highest BCUT2D eigenvalue weighted by atomic mass is 32.2. The molecule has 0 aromatic heterocycles. The van der Waals surface area contributed by atoms with Gasteiger partial charge in [0.15, 0.2) is 0 Å². The van der Waals surface area contributed by atoms with E-state index in [4.69, 9.17) is 9.47 Å². The Kier molecular flexibility index (Phi) is 4.46. The van der Waals surface area contributed by atoms with Crippen LogP contribution in [0.25, 0.3) is 0 Å². The predicted molar refractivity (Wildman–Crippen MR) is 69.7 cm³/mol. The molecular weight excluding hydrogens is 236 g/mol. The van der Waals surface area contributed by atoms with Crippen LogP contribution in [0.3, 0.4) is 0 Å². The van der Waals surface area contributed by atoms with Gasteiger partial charge in [-0.25, -0.2) is 0 Å². The molecule has 94 valence electrons. The van der Waals surface area contributed by atoms with Crippen molar-refractivity contribution in [1.29, 1.82) is 0 Å². The van der Waals surface area contributed by atoms with Crippen molar-refractivity contribution in [2.75, 3.05) is 14.2 Å². The van der Waals surface area contributed by atoms with E-state index in [-0.39, 0.29) is 5.97 Å². The third-order valence-electron chi connectivity index (χ3n) is 2.36. The zero-order valence-electron chi connectivity index (χ0n) is 10.9. The summed E-state index contributed by atoms with van der Waals surface area (Å²) in [6, 6.07) is 5.90. The zero-order valence-corrected chi connectivity index (χ0v) is 11.7. The molecule has 0 bridgehead atoms. The maximum absolute atomic E-state index is 11.6. The highest BCUT2D eigenvalue weighted by molar-refractivity contribution is 8.01. The van der Waals surface area contributed by atoms with Crippen LogP contribution in [0.5, 0.6) is 5.75 Å². The summed E-state index contributed by atoms with van der Waals surface area (Å²) in [6.45, 7) is 5.69. The van der Waals surface area contributed by atoms with Crippen LogP contribution in [0.2, 0.25) is 0 Å². The molecule has 0 heterocycles. The van der Waals surface area contributed by atoms with E-state index in [1.165, 1.54) is 18.9 Å². The summed E-state index contributed by atoms with van der Waals surface area (Å²) in [4.78, 5) is 12.6. The van der Waals surface area contributed by atoms with Crippen LogP contribution >= 0.6 is 11.8 Å². The summed E-state index contributed by atoms with van der Waals surface area (Å²) in [5.74, 6) is 0.531. The molecule has 0 radical (unpaired) electrons. The van der Waals surface area contributed by atoms with E-state index in [9.17, 15) is 4.79 Å². The molecule has 0 aliphatic carbocycles. The van der Waals surface area contributed by atoms with E-state index >= 15 is 0 Å². The van der Waals surface area contributed by atoms with E-state index < -0.39 is 4.75 Å². The van der Waals surface area contributed by atoms with Crippen molar-refractivity contribution in [3.05, 3.63) is 23.8 Å². The number of aryl methyl sites for hydroxylation is 1. The van der Waals surface area contributed by atoms with Gasteiger partial charge in [0.05, 0.1) is 19.1 Å². The Bertz CT molecular complexity index is 413. The molecule has 4 heteroatoms. The molecule has 0 amide bonds. The maximum Gasteiger partial charge on any atom is 0.321 e. The summed E-state index contributed by atoms with van der Waals surface area (Å²) in [5, 5.41) is 0. The molecule has 17 heavy (non-hydrogen) atoms. The van der Waals surface area contributed by atoms with Crippen LogP contribution in [0.1, 0.15) is 19.4 Å². The minimum Gasteiger partial charge on any atom is -0.496 e. The quantitative estimate of drug-likeness (QED) is 0.611. The second-order valence-corrected chi connectivity index (χ2v) is 5.92. The van der Waals surface area contributed by atoms with Gasteiger partial charge < -0.3 is 9.47 Å². The summed E-state index contributed by atoms with van der Waals surface area (Å²) >= 11 is 1.44. The van der Waals surface area contributed by atoms with E-state index in [0.29, 0.717) is 0 Å². The molecule has 3 nitrogen and oxygen atoms in total. The largest absolute Gasteiger partial charge is 0.496 e. The van der Waals surface area contributed by atoms with Crippen molar-refractivity contribution in [3.8, 4) is 5.75 Å². The number of carbonyl (C=O) groups excluding carboxylic acids is 1. The average Bonchev–Trinajstić information content (AvgIpc) is 2.27. The third kappa shape index (κ3) is 3.40. The van der Waals surface area contributed by atoms with Crippen molar-refractivity contribution in [3.63, 3.8) is 0 Å². The number of rotatable bonds is 4. The zero-order chi connectivity index (χ0) is 13.1. The van der Waals surface area contributed by atoms with Crippen molar-refractivity contribution in [2.45, 2.75) is 30.4 Å². The number of carbonyl (C=O) groups is 1. The standard InChI is InChI=1S/C13H18O3S/c1-9-6-7-10(15-4)11(8-9)17-13(2,3)12(14)16-5/h6-8H,1-5H3. The lowest BCUT2D eigenvalue weighted by molar-refractivity contribution is -0.142. The van der Waals surface area contributed by atoms with E-state index in [0.717, 1.165) is 16.2 Å². The first kappa shape index (κ1) is 13.9. The Morgan fingerprint density at radius 3 is 2.47 bits per heavy atom. The van der Waals surface area contributed by atoms with Crippen LogP contribution in [0.15, 0.2) is 23.1 Å². The molecule has 0 atom stereocenters. The molecule has 0 fully saturated rings. The molecule has 1 aromatic rings. The van der Waals surface area contributed by atoms with Crippen LogP contribution in [0.4, 0.5) is 0 Å². The molecule has 0 saturated heterocycles. The minimum atomic E-state index is -0.629. The maximum atomic E-state index is 11.6. The van der Waals surface area contributed by atoms with E-state index in [1.54, 1.807) is 7.11 Å². The summed E-state index contributed by atoms with van der Waals surface area (Å²) in [5.41, 5.74) is 1.13. The van der Waals surface area contributed by atoms with Gasteiger partial charge in [-0.15, -0.1) is 11.8 Å². The van der Waals surface area contributed by atoms with Gasteiger partial charge >= 0.3 is 5.97 Å². The number of thioether (sulfide) groups is 1. The first-order valence-corrected chi connectivity index (χ1v) is 6.14. The van der Waals surface area contributed by atoms with E-state index in [2.05, 4.69) is 0 Å². The molecule has 0 aliphatic rings. The lowest BCUT2D eigenvalue weighted by Gasteiger charge is -2.22. The number of benzene rings is 1. The molecular formula is C13H18O3S. The smallest absolute Gasteiger partial charge is 0.321 e. The number of ether oxygens (including phenoxy) is 2. The van der Waals surface area contributed by atoms with Gasteiger partial charge in [-0.3, -0.25) is 4.79 Å². The molecule has 0 N–H and O–H groups in total. The Balaban J connectivity index is 3.01. The lowest BCUT2D eigenvalue weighted by Crippen LogP contribution is -2.28. The monoisotopic (exact) mass is 254 g/mol. The van der Waals surface area contributed by atoms with Crippen LogP contribution < -0.4 is 4.74 Å². The first-order chi connectivity index (χ1) is 7.90. The highest BCUT2D eigenvalue weighted by Gasteiger charge is 2.31. The van der Waals surface area contributed by atoms with Crippen LogP contribution in [0, 0.1) is 6.92 Å². The summed E-state index contributed by atoms with van der Waals surface area (Å²) in [7, 11) is 3.03. The van der Waals surface area contributed by atoms with Crippen LogP contribution in [-0.4, -0.2) is 24.9 Å². The Morgan fingerprint density at radius 2 is 1.94 bits per heavy atom. The Hall–Kier alpha value is -1.16. The Labute approximate surface area is 106 Å². The normalized spacial score (nSPS) is 11.1. The van der Waals surface area contributed by atoms with Gasteiger partial charge in [-0.05, 0) is 38.5 Å². The fourth-order valence-electron chi connectivity index (χ4n) is 1.43. The van der Waals surface area contributed by atoms with Gasteiger partial charge in [-0.2, -0.15) is 0 Å². The van der Waals surface area contributed by atoms with Gasteiger partial charge in [-0.1, -0.05) is 6.07 Å². The number of hydrogen-bond donors (Lipinski definition) is 0. The number of esters is 1. The van der Waals surface area contributed by atoms with Crippen molar-refractivity contribution in [2.24, 2.45) is 0 Å². The molecule has 0 aliphatic heterocycles. The molecule has 1 aromatic carbocycles. The van der Waals surface area contributed by atoms with Crippen LogP contribution in [-0.2, 0) is 9.53 Å². The SMILES string of the molecule is COC(=O)C(C)(C)Sc1cc(C)ccc1OC. The molecule has 0 saturated carbocycles. The molecule has 0 spiro atoms. The molecule has 1 rings (SSSR count). The second-order valence-electron chi connectivity index (χ2n) is 4.26.